The molecule has 0 unspecified atom stereocenters. The van der Waals surface area contributed by atoms with Crippen LogP contribution in [0.25, 0.3) is 17.1 Å². The highest BCUT2D eigenvalue weighted by Crippen LogP contribution is 2.31. The zero-order valence-corrected chi connectivity index (χ0v) is 14.6. The van der Waals surface area contributed by atoms with Gasteiger partial charge in [-0.3, -0.25) is 14.7 Å². The molecule has 0 fully saturated rings. The molecule has 1 N–H and O–H groups in total. The molecular formula is C19H15F3N4O2. The van der Waals surface area contributed by atoms with Crippen molar-refractivity contribution in [3.8, 4) is 17.1 Å². The van der Waals surface area contributed by atoms with E-state index in [1.54, 1.807) is 0 Å². The smallest absolute Gasteiger partial charge is 0.268 e. The highest BCUT2D eigenvalue weighted by molar-refractivity contribution is 5.60. The summed E-state index contributed by atoms with van der Waals surface area (Å²) >= 11 is 0. The van der Waals surface area contributed by atoms with Crippen molar-refractivity contribution in [1.82, 2.24) is 20.0 Å². The Balaban J connectivity index is 1.73. The van der Waals surface area contributed by atoms with Crippen molar-refractivity contribution in [2.45, 2.75) is 31.9 Å². The van der Waals surface area contributed by atoms with Crippen molar-refractivity contribution in [2.24, 2.45) is 0 Å². The minimum atomic E-state index is -4.46. The molecule has 1 aliphatic rings. The van der Waals surface area contributed by atoms with Gasteiger partial charge in [0.1, 0.15) is 0 Å². The first-order valence-corrected chi connectivity index (χ1v) is 8.73. The maximum atomic E-state index is 12.9. The number of aromatic amines is 1. The average molecular weight is 388 g/mol. The number of alkyl halides is 3. The van der Waals surface area contributed by atoms with Gasteiger partial charge in [0.15, 0.2) is 5.82 Å². The van der Waals surface area contributed by atoms with E-state index in [2.05, 4.69) is 15.3 Å². The molecule has 2 aromatic heterocycles. The van der Waals surface area contributed by atoms with Gasteiger partial charge in [0.25, 0.3) is 11.1 Å². The lowest BCUT2D eigenvalue weighted by atomic mass is 9.94. The summed E-state index contributed by atoms with van der Waals surface area (Å²) in [6.45, 7) is 0. The predicted molar refractivity (Wildman–Crippen MR) is 95.3 cm³/mol. The number of aromatic nitrogens is 4. The molecule has 0 spiro atoms. The first kappa shape index (κ1) is 18.1. The first-order valence-electron chi connectivity index (χ1n) is 8.73. The quantitative estimate of drug-likeness (QED) is 0.732. The first-order chi connectivity index (χ1) is 13.3. The third kappa shape index (κ3) is 3.23. The number of hydrogen-bond acceptors (Lipinski definition) is 4. The highest BCUT2D eigenvalue weighted by atomic mass is 19.4. The van der Waals surface area contributed by atoms with Gasteiger partial charge in [-0.05, 0) is 49.9 Å². The molecule has 2 heterocycles. The number of H-pyrrole nitrogens is 1. The predicted octanol–water partition coefficient (Wildman–Crippen LogP) is 2.88. The zero-order chi connectivity index (χ0) is 19.9. The normalized spacial score (nSPS) is 14.0. The SMILES string of the molecule is O=c1[nH]n(-c2ccc(-c3cccc(C(F)(F)F)c3)nn2)c(=O)c2c1CCCC2. The van der Waals surface area contributed by atoms with Gasteiger partial charge in [0.2, 0.25) is 0 Å². The fourth-order valence-electron chi connectivity index (χ4n) is 3.36. The zero-order valence-electron chi connectivity index (χ0n) is 14.6. The number of benzene rings is 1. The van der Waals surface area contributed by atoms with Crippen molar-refractivity contribution in [2.75, 3.05) is 0 Å². The fourth-order valence-corrected chi connectivity index (χ4v) is 3.36. The van der Waals surface area contributed by atoms with Crippen LogP contribution in [-0.2, 0) is 19.0 Å². The van der Waals surface area contributed by atoms with E-state index in [0.29, 0.717) is 24.0 Å². The van der Waals surface area contributed by atoms with Gasteiger partial charge in [-0.25, -0.2) is 0 Å². The van der Waals surface area contributed by atoms with E-state index in [-0.39, 0.29) is 28.2 Å². The van der Waals surface area contributed by atoms with Gasteiger partial charge < -0.3 is 0 Å². The van der Waals surface area contributed by atoms with E-state index < -0.39 is 11.7 Å². The standard InChI is InChI=1S/C19H15F3N4O2/c20-19(21,22)12-5-3-4-11(10-12)15-8-9-16(24-23-15)26-18(28)14-7-2-1-6-13(14)17(27)25-26/h3-5,8-10H,1-2,6-7H2,(H,25,27). The summed E-state index contributed by atoms with van der Waals surface area (Å²) in [7, 11) is 0. The van der Waals surface area contributed by atoms with Crippen LogP contribution in [0.2, 0.25) is 0 Å². The summed E-state index contributed by atoms with van der Waals surface area (Å²) < 4.78 is 39.7. The minimum absolute atomic E-state index is 0.103. The van der Waals surface area contributed by atoms with E-state index in [0.717, 1.165) is 29.7 Å². The average Bonchev–Trinajstić information content (AvgIpc) is 2.70. The maximum Gasteiger partial charge on any atom is 0.416 e. The molecule has 0 aliphatic heterocycles. The van der Waals surface area contributed by atoms with Crippen molar-refractivity contribution in [3.63, 3.8) is 0 Å². The monoisotopic (exact) mass is 388 g/mol. The van der Waals surface area contributed by atoms with Crippen molar-refractivity contribution in [3.05, 3.63) is 73.8 Å². The number of nitrogens with one attached hydrogen (secondary N) is 1. The Morgan fingerprint density at radius 2 is 1.71 bits per heavy atom. The molecule has 3 aromatic rings. The molecular weight excluding hydrogens is 373 g/mol. The second kappa shape index (κ2) is 6.74. The molecule has 6 nitrogen and oxygen atoms in total. The van der Waals surface area contributed by atoms with Crippen LogP contribution in [-0.4, -0.2) is 20.0 Å². The van der Waals surface area contributed by atoms with E-state index in [1.165, 1.54) is 24.3 Å². The Bertz CT molecular complexity index is 1150. The second-order valence-electron chi connectivity index (χ2n) is 6.60. The van der Waals surface area contributed by atoms with Crippen LogP contribution in [0.3, 0.4) is 0 Å². The largest absolute Gasteiger partial charge is 0.416 e. The molecule has 9 heteroatoms. The van der Waals surface area contributed by atoms with Crippen molar-refractivity contribution < 1.29 is 13.2 Å². The van der Waals surface area contributed by atoms with E-state index in [1.807, 2.05) is 0 Å². The van der Waals surface area contributed by atoms with Gasteiger partial charge in [-0.2, -0.15) is 17.9 Å². The van der Waals surface area contributed by atoms with Gasteiger partial charge in [0.05, 0.1) is 11.3 Å². The maximum absolute atomic E-state index is 12.9. The number of rotatable bonds is 2. The molecule has 0 saturated carbocycles. The van der Waals surface area contributed by atoms with E-state index in [9.17, 15) is 22.8 Å². The molecule has 28 heavy (non-hydrogen) atoms. The topological polar surface area (TPSA) is 80.6 Å². The Kier molecular flexibility index (Phi) is 4.37. The Labute approximate surface area is 156 Å². The van der Waals surface area contributed by atoms with Crippen LogP contribution in [0.5, 0.6) is 0 Å². The van der Waals surface area contributed by atoms with Crippen LogP contribution >= 0.6 is 0 Å². The van der Waals surface area contributed by atoms with Crippen LogP contribution < -0.4 is 11.1 Å². The molecule has 144 valence electrons. The number of hydrogen-bond donors (Lipinski definition) is 1. The van der Waals surface area contributed by atoms with Crippen molar-refractivity contribution >= 4 is 0 Å². The van der Waals surface area contributed by atoms with E-state index >= 15 is 0 Å². The molecule has 4 rings (SSSR count). The fraction of sp³-hybridized carbons (Fsp3) is 0.263. The summed E-state index contributed by atoms with van der Waals surface area (Å²) in [5.74, 6) is 0.103. The van der Waals surface area contributed by atoms with Gasteiger partial charge in [-0.1, -0.05) is 12.1 Å². The van der Waals surface area contributed by atoms with E-state index in [4.69, 9.17) is 0 Å². The molecule has 1 aromatic carbocycles. The highest BCUT2D eigenvalue weighted by Gasteiger charge is 2.30. The minimum Gasteiger partial charge on any atom is -0.268 e. The van der Waals surface area contributed by atoms with Gasteiger partial charge in [0, 0.05) is 16.7 Å². The van der Waals surface area contributed by atoms with Gasteiger partial charge in [-0.15, -0.1) is 10.2 Å². The van der Waals surface area contributed by atoms with Crippen LogP contribution in [0.1, 0.15) is 29.5 Å². The van der Waals surface area contributed by atoms with Crippen LogP contribution in [0.4, 0.5) is 13.2 Å². The van der Waals surface area contributed by atoms with Crippen LogP contribution in [0, 0.1) is 0 Å². The second-order valence-corrected chi connectivity index (χ2v) is 6.60. The summed E-state index contributed by atoms with van der Waals surface area (Å²) in [6, 6.07) is 7.64. The Morgan fingerprint density at radius 1 is 0.964 bits per heavy atom. The summed E-state index contributed by atoms with van der Waals surface area (Å²) in [5.41, 5.74) is 0.00255. The number of halogens is 3. The summed E-state index contributed by atoms with van der Waals surface area (Å²) in [5, 5.41) is 10.4. The lowest BCUT2D eigenvalue weighted by molar-refractivity contribution is -0.137. The molecule has 0 radical (unpaired) electrons. The molecule has 0 saturated heterocycles. The Morgan fingerprint density at radius 3 is 2.39 bits per heavy atom. The molecule has 1 aliphatic carbocycles. The Hall–Kier alpha value is -3.23. The van der Waals surface area contributed by atoms with Gasteiger partial charge >= 0.3 is 6.18 Å². The number of fused-ring (bicyclic) bond motifs is 1. The third-order valence-corrected chi connectivity index (χ3v) is 4.78. The lowest BCUT2D eigenvalue weighted by Crippen LogP contribution is -2.36. The van der Waals surface area contributed by atoms with Crippen LogP contribution in [0.15, 0.2) is 46.0 Å². The lowest BCUT2D eigenvalue weighted by Gasteiger charge is -2.15. The third-order valence-electron chi connectivity index (χ3n) is 4.78. The summed E-state index contributed by atoms with van der Waals surface area (Å²) in [4.78, 5) is 24.9. The van der Waals surface area contributed by atoms with Crippen molar-refractivity contribution in [1.29, 1.82) is 0 Å². The molecule has 0 bridgehead atoms. The molecule has 0 amide bonds. The molecule has 0 atom stereocenters. The summed E-state index contributed by atoms with van der Waals surface area (Å²) in [6.07, 6.45) is -1.65. The number of nitrogens with zero attached hydrogens (tertiary/aromatic N) is 3.